The Labute approximate surface area is 270 Å². The highest BCUT2D eigenvalue weighted by Crippen LogP contribution is 2.24. The number of carbonyl (C=O) groups excluding carboxylic acids is 3. The topological polar surface area (TPSA) is 130 Å². The Morgan fingerprint density at radius 2 is 1.67 bits per heavy atom. The molecule has 0 spiro atoms. The van der Waals surface area contributed by atoms with E-state index in [1.54, 1.807) is 51.9 Å². The third kappa shape index (κ3) is 9.75. The summed E-state index contributed by atoms with van der Waals surface area (Å²) in [5.41, 5.74) is 4.02. The number of hydrogen-bond acceptors (Lipinski definition) is 10. The number of pyridine rings is 1. The van der Waals surface area contributed by atoms with Crippen molar-refractivity contribution in [3.05, 3.63) is 71.7 Å². The Morgan fingerprint density at radius 1 is 0.978 bits per heavy atom. The molecular weight excluding hydrogens is 586 g/mol. The van der Waals surface area contributed by atoms with E-state index in [0.29, 0.717) is 19.1 Å². The van der Waals surface area contributed by atoms with E-state index >= 15 is 0 Å². The Balaban J connectivity index is 1.30. The summed E-state index contributed by atoms with van der Waals surface area (Å²) in [6, 6.07) is 9.90. The first kappa shape index (κ1) is 33.9. The molecule has 1 N–H and O–H groups in total. The Bertz CT molecular complexity index is 1540. The Morgan fingerprint density at radius 3 is 2.33 bits per heavy atom. The minimum absolute atomic E-state index is 0.146. The number of alkyl carbamates (subject to hydrolysis) is 1. The van der Waals surface area contributed by atoms with Gasteiger partial charge in [-0.3, -0.25) is 4.79 Å². The molecule has 0 atom stereocenters. The van der Waals surface area contributed by atoms with Crippen LogP contribution in [-0.4, -0.2) is 89.8 Å². The smallest absolute Gasteiger partial charge is 0.408 e. The molecule has 0 saturated carbocycles. The van der Waals surface area contributed by atoms with E-state index in [1.807, 2.05) is 49.6 Å². The highest BCUT2D eigenvalue weighted by atomic mass is 16.6. The molecule has 1 aromatic carbocycles. The molecular formula is C34H43N7O5. The summed E-state index contributed by atoms with van der Waals surface area (Å²) < 4.78 is 10.1. The largest absolute Gasteiger partial charge is 0.463 e. The van der Waals surface area contributed by atoms with Gasteiger partial charge in [-0.15, -0.1) is 0 Å². The van der Waals surface area contributed by atoms with Crippen LogP contribution in [0.25, 0.3) is 17.2 Å². The van der Waals surface area contributed by atoms with Crippen molar-refractivity contribution >= 4 is 35.8 Å². The standard InChI is InChI=1S/C34H43N7O5/c1-7-45-30(43)12-11-25-17-24(2)31(35-19-25)40-13-15-41(16-14-40)32-36-20-28(21-37-32)27-10-8-9-26(18-27)23-39(6)29(42)22-38-33(44)46-34(3,4)5/h8-12,17-21H,7,13-16,22-23H2,1-6H3,(H,38,44). The molecule has 3 heterocycles. The van der Waals surface area contributed by atoms with E-state index in [9.17, 15) is 14.4 Å². The van der Waals surface area contributed by atoms with E-state index in [2.05, 4.69) is 30.1 Å². The van der Waals surface area contributed by atoms with E-state index < -0.39 is 11.7 Å². The fourth-order valence-corrected chi connectivity index (χ4v) is 4.93. The lowest BCUT2D eigenvalue weighted by atomic mass is 10.1. The normalized spacial score (nSPS) is 13.4. The molecule has 1 saturated heterocycles. The van der Waals surface area contributed by atoms with Gasteiger partial charge in [-0.05, 0) is 75.1 Å². The molecule has 244 valence electrons. The van der Waals surface area contributed by atoms with Crippen molar-refractivity contribution < 1.29 is 23.9 Å². The third-order valence-electron chi connectivity index (χ3n) is 7.16. The van der Waals surface area contributed by atoms with Crippen LogP contribution in [0.1, 0.15) is 44.4 Å². The van der Waals surface area contributed by atoms with Crippen LogP contribution in [0.5, 0.6) is 0 Å². The van der Waals surface area contributed by atoms with Gasteiger partial charge in [0.2, 0.25) is 11.9 Å². The summed E-state index contributed by atoms with van der Waals surface area (Å²) in [6.45, 7) is 12.7. The van der Waals surface area contributed by atoms with Gasteiger partial charge < -0.3 is 29.5 Å². The van der Waals surface area contributed by atoms with E-state index in [4.69, 9.17) is 9.47 Å². The monoisotopic (exact) mass is 629 g/mol. The lowest BCUT2D eigenvalue weighted by molar-refractivity contribution is -0.137. The summed E-state index contributed by atoms with van der Waals surface area (Å²) in [5, 5.41) is 2.51. The van der Waals surface area contributed by atoms with Crippen molar-refractivity contribution in [1.29, 1.82) is 0 Å². The third-order valence-corrected chi connectivity index (χ3v) is 7.16. The van der Waals surface area contributed by atoms with Crippen molar-refractivity contribution in [2.24, 2.45) is 0 Å². The van der Waals surface area contributed by atoms with Gasteiger partial charge >= 0.3 is 12.1 Å². The van der Waals surface area contributed by atoms with E-state index in [-0.39, 0.29) is 18.4 Å². The number of piperazine rings is 1. The average Bonchev–Trinajstić information content (AvgIpc) is 3.02. The van der Waals surface area contributed by atoms with Crippen molar-refractivity contribution in [3.8, 4) is 11.1 Å². The molecule has 3 aromatic rings. The molecule has 0 unspecified atom stereocenters. The van der Waals surface area contributed by atoms with E-state index in [1.165, 1.54) is 6.08 Å². The molecule has 46 heavy (non-hydrogen) atoms. The molecule has 2 amide bonds. The summed E-state index contributed by atoms with van der Waals surface area (Å²) >= 11 is 0. The number of hydrogen-bond donors (Lipinski definition) is 1. The first-order valence-electron chi connectivity index (χ1n) is 15.4. The summed E-state index contributed by atoms with van der Waals surface area (Å²) in [6.07, 6.45) is 7.91. The van der Waals surface area contributed by atoms with Crippen LogP contribution >= 0.6 is 0 Å². The quantitative estimate of drug-likeness (QED) is 0.257. The maximum Gasteiger partial charge on any atom is 0.408 e. The number of likely N-dealkylation sites (N-methyl/N-ethyl adjacent to an activating group) is 1. The molecule has 0 radical (unpaired) electrons. The number of esters is 1. The number of carbonyl (C=O) groups is 3. The molecule has 1 aliphatic rings. The van der Waals surface area contributed by atoms with Gasteiger partial charge in [-0.25, -0.2) is 24.5 Å². The number of anilines is 2. The zero-order valence-corrected chi connectivity index (χ0v) is 27.4. The fourth-order valence-electron chi connectivity index (χ4n) is 4.93. The van der Waals surface area contributed by atoms with Crippen LogP contribution in [0.2, 0.25) is 0 Å². The van der Waals surface area contributed by atoms with Gasteiger partial charge in [-0.1, -0.05) is 18.2 Å². The van der Waals surface area contributed by atoms with Crippen molar-refractivity contribution in [2.45, 2.75) is 46.8 Å². The van der Waals surface area contributed by atoms with Crippen LogP contribution in [0.15, 0.2) is 55.0 Å². The van der Waals surface area contributed by atoms with Gasteiger partial charge in [0.25, 0.3) is 0 Å². The van der Waals surface area contributed by atoms with Crippen LogP contribution < -0.4 is 15.1 Å². The second-order valence-corrected chi connectivity index (χ2v) is 12.0. The minimum Gasteiger partial charge on any atom is -0.463 e. The van der Waals surface area contributed by atoms with Crippen LogP contribution in [-0.2, 0) is 25.6 Å². The van der Waals surface area contributed by atoms with Crippen molar-refractivity contribution in [2.75, 3.05) is 56.2 Å². The number of amides is 2. The molecule has 0 bridgehead atoms. The average molecular weight is 630 g/mol. The number of ether oxygens (including phenoxy) is 2. The molecule has 12 nitrogen and oxygen atoms in total. The number of benzene rings is 1. The van der Waals surface area contributed by atoms with Gasteiger partial charge in [0.15, 0.2) is 0 Å². The predicted molar refractivity (Wildman–Crippen MR) is 177 cm³/mol. The van der Waals surface area contributed by atoms with Gasteiger partial charge in [0.1, 0.15) is 18.0 Å². The Hall–Kier alpha value is -5.00. The van der Waals surface area contributed by atoms with Gasteiger partial charge in [0, 0.05) is 70.0 Å². The highest BCUT2D eigenvalue weighted by molar-refractivity contribution is 5.87. The number of nitrogens with zero attached hydrogens (tertiary/aromatic N) is 6. The number of nitrogens with one attached hydrogen (secondary N) is 1. The van der Waals surface area contributed by atoms with Crippen LogP contribution in [0.3, 0.4) is 0 Å². The lowest BCUT2D eigenvalue weighted by Gasteiger charge is -2.36. The number of aromatic nitrogens is 3. The zero-order chi connectivity index (χ0) is 33.3. The van der Waals surface area contributed by atoms with E-state index in [0.717, 1.165) is 59.8 Å². The maximum atomic E-state index is 12.6. The summed E-state index contributed by atoms with van der Waals surface area (Å²) in [5.74, 6) is 1.00. The molecule has 12 heteroatoms. The fraction of sp³-hybridized carbons (Fsp3) is 0.412. The van der Waals surface area contributed by atoms with Crippen LogP contribution in [0.4, 0.5) is 16.6 Å². The molecule has 1 aliphatic heterocycles. The first-order chi connectivity index (χ1) is 21.9. The predicted octanol–water partition coefficient (Wildman–Crippen LogP) is 4.23. The SMILES string of the molecule is CCOC(=O)C=Cc1cnc(N2CCN(c3ncc(-c4cccc(CN(C)C(=O)CNC(=O)OC(C)(C)C)c4)cn3)CC2)c(C)c1. The lowest BCUT2D eigenvalue weighted by Crippen LogP contribution is -2.47. The number of aryl methyl sites for hydroxylation is 1. The minimum atomic E-state index is -0.630. The van der Waals surface area contributed by atoms with Crippen molar-refractivity contribution in [1.82, 2.24) is 25.2 Å². The molecule has 0 aliphatic carbocycles. The zero-order valence-electron chi connectivity index (χ0n) is 27.4. The summed E-state index contributed by atoms with van der Waals surface area (Å²) in [7, 11) is 1.70. The second-order valence-electron chi connectivity index (χ2n) is 12.0. The first-order valence-corrected chi connectivity index (χ1v) is 15.4. The summed E-state index contributed by atoms with van der Waals surface area (Å²) in [4.78, 5) is 56.0. The highest BCUT2D eigenvalue weighted by Gasteiger charge is 2.22. The molecule has 2 aromatic heterocycles. The Kier molecular flexibility index (Phi) is 11.3. The number of rotatable bonds is 10. The molecule has 4 rings (SSSR count). The van der Waals surface area contributed by atoms with Crippen LogP contribution in [0, 0.1) is 6.92 Å². The van der Waals surface area contributed by atoms with Gasteiger partial charge in [0.05, 0.1) is 6.61 Å². The van der Waals surface area contributed by atoms with Gasteiger partial charge in [-0.2, -0.15) is 0 Å². The second kappa shape index (κ2) is 15.3. The van der Waals surface area contributed by atoms with Crippen molar-refractivity contribution in [3.63, 3.8) is 0 Å². The molecule has 1 fully saturated rings. The maximum absolute atomic E-state index is 12.6.